The third kappa shape index (κ3) is 6.57. The highest BCUT2D eigenvalue weighted by Crippen LogP contribution is 2.42. The molecule has 4 rings (SSSR count). The van der Waals surface area contributed by atoms with Crippen molar-refractivity contribution in [3.63, 3.8) is 0 Å². The molecule has 35 heavy (non-hydrogen) atoms. The normalized spacial score (nSPS) is 18.9. The first-order chi connectivity index (χ1) is 15.5. The Labute approximate surface area is 228 Å². The lowest BCUT2D eigenvalue weighted by Crippen LogP contribution is -2.41. The molecule has 0 unspecified atom stereocenters. The van der Waals surface area contributed by atoms with Crippen molar-refractivity contribution in [3.05, 3.63) is 87.2 Å². The van der Waals surface area contributed by atoms with E-state index in [4.69, 9.17) is 17.3 Å². The van der Waals surface area contributed by atoms with E-state index in [1.165, 1.54) is 0 Å². The fourth-order valence-electron chi connectivity index (χ4n) is 4.63. The van der Waals surface area contributed by atoms with Gasteiger partial charge in [-0.1, -0.05) is 35.9 Å². The average molecular weight is 560 g/mol. The first-order valence-corrected chi connectivity index (χ1v) is 11.2. The van der Waals surface area contributed by atoms with Crippen molar-refractivity contribution in [2.75, 3.05) is 13.6 Å². The van der Waals surface area contributed by atoms with Gasteiger partial charge in [-0.15, -0.1) is 37.2 Å². The fourth-order valence-corrected chi connectivity index (χ4v) is 4.82. The van der Waals surface area contributed by atoms with Crippen LogP contribution in [0.15, 0.2) is 65.5 Å². The van der Waals surface area contributed by atoms with Crippen molar-refractivity contribution in [2.45, 2.75) is 37.1 Å². The summed E-state index contributed by atoms with van der Waals surface area (Å²) in [6.07, 6.45) is 3.33. The maximum atomic E-state index is 12.7. The molecule has 1 heterocycles. The predicted molar refractivity (Wildman–Crippen MR) is 149 cm³/mol. The lowest BCUT2D eigenvalue weighted by atomic mass is 9.68. The van der Waals surface area contributed by atoms with E-state index in [2.05, 4.69) is 16.5 Å². The SMILES string of the molecule is CNC(=O)c1cccc(-c2ccc(=O)n([C@H]3CC[C@@](CN)(c4cccc(Cl)c4)CC3)n2)c1.Cl.Cl.Cl. The molecule has 10 heteroatoms. The number of hydrogen-bond acceptors (Lipinski definition) is 4. The molecule has 1 amide bonds. The predicted octanol–water partition coefficient (Wildman–Crippen LogP) is 5.20. The molecule has 1 aliphatic carbocycles. The number of carbonyl (C=O) groups excluding carboxylic acids is 1. The second-order valence-corrected chi connectivity index (χ2v) is 8.82. The Morgan fingerprint density at radius 3 is 2.40 bits per heavy atom. The first-order valence-electron chi connectivity index (χ1n) is 10.8. The van der Waals surface area contributed by atoms with Gasteiger partial charge in [0.25, 0.3) is 11.5 Å². The molecular weight excluding hydrogens is 530 g/mol. The minimum absolute atomic E-state index is 0. The van der Waals surface area contributed by atoms with Gasteiger partial charge >= 0.3 is 0 Å². The van der Waals surface area contributed by atoms with Crippen molar-refractivity contribution >= 4 is 54.7 Å². The highest BCUT2D eigenvalue weighted by Gasteiger charge is 2.37. The number of nitrogens with zero attached hydrogens (tertiary/aromatic N) is 2. The summed E-state index contributed by atoms with van der Waals surface area (Å²) in [7, 11) is 1.60. The molecule has 6 nitrogen and oxygen atoms in total. The van der Waals surface area contributed by atoms with Crippen LogP contribution in [0.5, 0.6) is 0 Å². The van der Waals surface area contributed by atoms with E-state index in [0.717, 1.165) is 36.8 Å². The maximum absolute atomic E-state index is 12.7. The minimum Gasteiger partial charge on any atom is -0.355 e. The van der Waals surface area contributed by atoms with Crippen LogP contribution in [0.4, 0.5) is 0 Å². The van der Waals surface area contributed by atoms with Crippen LogP contribution in [0.25, 0.3) is 11.3 Å². The Morgan fingerprint density at radius 1 is 1.09 bits per heavy atom. The summed E-state index contributed by atoms with van der Waals surface area (Å²) in [6, 6.07) is 18.4. The van der Waals surface area contributed by atoms with E-state index < -0.39 is 0 Å². The summed E-state index contributed by atoms with van der Waals surface area (Å²) in [5.74, 6) is -0.161. The van der Waals surface area contributed by atoms with Crippen LogP contribution in [-0.4, -0.2) is 29.3 Å². The summed E-state index contributed by atoms with van der Waals surface area (Å²) >= 11 is 6.22. The van der Waals surface area contributed by atoms with Crippen molar-refractivity contribution < 1.29 is 4.79 Å². The van der Waals surface area contributed by atoms with Crippen LogP contribution in [-0.2, 0) is 5.41 Å². The molecule has 190 valence electrons. The summed E-state index contributed by atoms with van der Waals surface area (Å²) in [4.78, 5) is 24.7. The molecule has 0 radical (unpaired) electrons. The monoisotopic (exact) mass is 558 g/mol. The fraction of sp³-hybridized carbons (Fsp3) is 0.320. The second-order valence-electron chi connectivity index (χ2n) is 8.39. The third-order valence-corrected chi connectivity index (χ3v) is 6.79. The van der Waals surface area contributed by atoms with E-state index in [9.17, 15) is 9.59 Å². The molecule has 1 aromatic heterocycles. The third-order valence-electron chi connectivity index (χ3n) is 6.56. The van der Waals surface area contributed by atoms with Gasteiger partial charge in [-0.25, -0.2) is 4.68 Å². The zero-order chi connectivity index (χ0) is 22.7. The number of hydrogen-bond donors (Lipinski definition) is 2. The Morgan fingerprint density at radius 2 is 1.77 bits per heavy atom. The number of amides is 1. The quantitative estimate of drug-likeness (QED) is 0.449. The zero-order valence-corrected chi connectivity index (χ0v) is 22.5. The molecule has 0 spiro atoms. The molecule has 1 saturated carbocycles. The number of nitrogens with one attached hydrogen (secondary N) is 1. The van der Waals surface area contributed by atoms with E-state index in [1.807, 2.05) is 30.3 Å². The van der Waals surface area contributed by atoms with Crippen LogP contribution < -0.4 is 16.6 Å². The van der Waals surface area contributed by atoms with Gasteiger partial charge in [-0.2, -0.15) is 5.10 Å². The Kier molecular flexibility index (Phi) is 11.7. The molecule has 3 aromatic rings. The van der Waals surface area contributed by atoms with Gasteiger partial charge < -0.3 is 11.1 Å². The van der Waals surface area contributed by atoms with Crippen molar-refractivity contribution in [2.24, 2.45) is 5.73 Å². The smallest absolute Gasteiger partial charge is 0.267 e. The first kappa shape index (κ1) is 30.9. The lowest BCUT2D eigenvalue weighted by Gasteiger charge is -2.40. The molecular formula is C25H30Cl4N4O2. The van der Waals surface area contributed by atoms with Gasteiger partial charge in [0.1, 0.15) is 0 Å². The number of aromatic nitrogens is 2. The summed E-state index contributed by atoms with van der Waals surface area (Å²) in [6.45, 7) is 0.536. The largest absolute Gasteiger partial charge is 0.355 e. The Bertz CT molecular complexity index is 1190. The second kappa shape index (κ2) is 13.3. The molecule has 1 aliphatic rings. The van der Waals surface area contributed by atoms with Gasteiger partial charge in [-0.05, 0) is 61.6 Å². The van der Waals surface area contributed by atoms with Crippen LogP contribution >= 0.6 is 48.8 Å². The highest BCUT2D eigenvalue weighted by atomic mass is 35.5. The van der Waals surface area contributed by atoms with Gasteiger partial charge in [0.05, 0.1) is 11.7 Å². The lowest BCUT2D eigenvalue weighted by molar-refractivity contribution is 0.0963. The maximum Gasteiger partial charge on any atom is 0.267 e. The van der Waals surface area contributed by atoms with Crippen LogP contribution in [0.1, 0.15) is 47.6 Å². The number of rotatable bonds is 5. The molecule has 0 saturated heterocycles. The molecule has 0 bridgehead atoms. The van der Waals surface area contributed by atoms with Crippen molar-refractivity contribution in [3.8, 4) is 11.3 Å². The number of nitrogens with two attached hydrogens (primary N) is 1. The van der Waals surface area contributed by atoms with Crippen LogP contribution in [0.2, 0.25) is 5.02 Å². The summed E-state index contributed by atoms with van der Waals surface area (Å²) in [5.41, 5.74) is 9.14. The van der Waals surface area contributed by atoms with E-state index in [0.29, 0.717) is 22.8 Å². The van der Waals surface area contributed by atoms with Gasteiger partial charge in [0, 0.05) is 41.2 Å². The van der Waals surface area contributed by atoms with Gasteiger partial charge in [-0.3, -0.25) is 9.59 Å². The number of carbonyl (C=O) groups is 1. The zero-order valence-electron chi connectivity index (χ0n) is 19.3. The molecule has 2 aromatic carbocycles. The van der Waals surface area contributed by atoms with E-state index in [-0.39, 0.29) is 60.1 Å². The van der Waals surface area contributed by atoms with Crippen molar-refractivity contribution in [1.82, 2.24) is 15.1 Å². The molecule has 3 N–H and O–H groups in total. The van der Waals surface area contributed by atoms with Crippen molar-refractivity contribution in [1.29, 1.82) is 0 Å². The highest BCUT2D eigenvalue weighted by molar-refractivity contribution is 6.30. The Hall–Kier alpha value is -2.09. The number of halogens is 4. The molecule has 1 fully saturated rings. The van der Waals surface area contributed by atoms with E-state index >= 15 is 0 Å². The van der Waals surface area contributed by atoms with Crippen LogP contribution in [0, 0.1) is 0 Å². The minimum atomic E-state index is -0.161. The van der Waals surface area contributed by atoms with E-state index in [1.54, 1.807) is 36.0 Å². The topological polar surface area (TPSA) is 90.0 Å². The van der Waals surface area contributed by atoms with Gasteiger partial charge in [0.15, 0.2) is 0 Å². The average Bonchev–Trinajstić information content (AvgIpc) is 2.84. The van der Waals surface area contributed by atoms with Crippen LogP contribution in [0.3, 0.4) is 0 Å². The Balaban J connectivity index is 0.00000204. The summed E-state index contributed by atoms with van der Waals surface area (Å²) < 4.78 is 1.60. The molecule has 0 aliphatic heterocycles. The molecule has 0 atom stereocenters. The number of benzene rings is 2. The van der Waals surface area contributed by atoms with Gasteiger partial charge in [0.2, 0.25) is 0 Å². The standard InChI is InChI=1S/C25H27ClN4O2.3ClH/c1-28-24(32)18-5-2-4-17(14-18)22-8-9-23(31)30(29-22)21-10-12-25(16-27,13-11-21)19-6-3-7-20(26)15-19;;;/h2-9,14-15,21H,10-13,16,27H2,1H3,(H,28,32);3*1H/t21-,25+;;;. The summed E-state index contributed by atoms with van der Waals surface area (Å²) in [5, 5.41) is 8.01.